The van der Waals surface area contributed by atoms with E-state index in [1.807, 2.05) is 12.5 Å². The van der Waals surface area contributed by atoms with E-state index < -0.39 is 0 Å². The lowest BCUT2D eigenvalue weighted by molar-refractivity contribution is 0.112. The highest BCUT2D eigenvalue weighted by Gasteiger charge is 2.39. The summed E-state index contributed by atoms with van der Waals surface area (Å²) < 4.78 is 2.24. The standard InChI is InChI=1S/C15H16N2O/c18-14-7-3-6-12(14)15-11-5-2-1-4-10(11)13-8-16-9-17(13)15/h1-2,4-5,8-9,12,14-15,18H,3,6-7H2/t12-,14-,15+/m0/s1. The monoisotopic (exact) mass is 240 g/mol. The van der Waals surface area contributed by atoms with Gasteiger partial charge in [0.15, 0.2) is 0 Å². The smallest absolute Gasteiger partial charge is 0.0956 e. The average molecular weight is 240 g/mol. The Labute approximate surface area is 106 Å². The molecule has 3 atom stereocenters. The zero-order valence-electron chi connectivity index (χ0n) is 10.2. The molecule has 3 heteroatoms. The third-order valence-corrected chi connectivity index (χ3v) is 4.46. The Bertz CT molecular complexity index is 590. The summed E-state index contributed by atoms with van der Waals surface area (Å²) in [7, 11) is 0. The second-order valence-corrected chi connectivity index (χ2v) is 5.38. The number of aromatic nitrogens is 2. The number of aliphatic hydroxyl groups excluding tert-OH is 1. The second-order valence-electron chi connectivity index (χ2n) is 5.38. The van der Waals surface area contributed by atoms with Gasteiger partial charge in [0, 0.05) is 11.5 Å². The first kappa shape index (κ1) is 10.3. The van der Waals surface area contributed by atoms with Crippen molar-refractivity contribution in [3.63, 3.8) is 0 Å². The minimum Gasteiger partial charge on any atom is -0.393 e. The number of benzene rings is 1. The molecule has 3 nitrogen and oxygen atoms in total. The predicted octanol–water partition coefficient (Wildman–Crippen LogP) is 2.61. The van der Waals surface area contributed by atoms with E-state index in [1.54, 1.807) is 0 Å². The SMILES string of the molecule is O[C@H]1CCC[C@@H]1[C@H]1c2ccccc2-c2cncn21. The summed E-state index contributed by atoms with van der Waals surface area (Å²) in [6, 6.07) is 8.79. The molecule has 0 radical (unpaired) electrons. The van der Waals surface area contributed by atoms with Crippen LogP contribution < -0.4 is 0 Å². The first-order valence-corrected chi connectivity index (χ1v) is 6.65. The molecule has 4 rings (SSSR count). The van der Waals surface area contributed by atoms with Crippen LogP contribution in [-0.4, -0.2) is 20.8 Å². The molecule has 1 aliphatic heterocycles. The summed E-state index contributed by atoms with van der Waals surface area (Å²) >= 11 is 0. The van der Waals surface area contributed by atoms with Crippen LogP contribution in [0.25, 0.3) is 11.3 Å². The molecule has 1 aromatic carbocycles. The molecular weight excluding hydrogens is 224 g/mol. The Kier molecular flexibility index (Phi) is 2.12. The Morgan fingerprint density at radius 3 is 2.94 bits per heavy atom. The number of nitrogens with zero attached hydrogens (tertiary/aromatic N) is 2. The molecule has 0 bridgehead atoms. The van der Waals surface area contributed by atoms with Crippen molar-refractivity contribution in [2.24, 2.45) is 5.92 Å². The van der Waals surface area contributed by atoms with Crippen LogP contribution >= 0.6 is 0 Å². The van der Waals surface area contributed by atoms with Crippen molar-refractivity contribution >= 4 is 0 Å². The number of fused-ring (bicyclic) bond motifs is 3. The molecule has 1 aliphatic carbocycles. The number of hydrogen-bond donors (Lipinski definition) is 1. The van der Waals surface area contributed by atoms with Crippen LogP contribution in [0.1, 0.15) is 30.9 Å². The minimum absolute atomic E-state index is 0.170. The highest BCUT2D eigenvalue weighted by Crippen LogP contribution is 2.47. The van der Waals surface area contributed by atoms with Gasteiger partial charge in [0.2, 0.25) is 0 Å². The maximum Gasteiger partial charge on any atom is 0.0956 e. The van der Waals surface area contributed by atoms with Gasteiger partial charge >= 0.3 is 0 Å². The molecule has 2 aromatic rings. The van der Waals surface area contributed by atoms with Gasteiger partial charge in [0.25, 0.3) is 0 Å². The van der Waals surface area contributed by atoms with E-state index in [1.165, 1.54) is 16.8 Å². The molecule has 18 heavy (non-hydrogen) atoms. The normalized spacial score (nSPS) is 29.3. The first-order chi connectivity index (χ1) is 8.86. The van der Waals surface area contributed by atoms with Crippen LogP contribution in [0.15, 0.2) is 36.8 Å². The molecule has 0 saturated heterocycles. The van der Waals surface area contributed by atoms with Crippen molar-refractivity contribution in [3.8, 4) is 11.3 Å². The lowest BCUT2D eigenvalue weighted by Crippen LogP contribution is -2.24. The molecule has 0 unspecified atom stereocenters. The molecule has 1 N–H and O–H groups in total. The third kappa shape index (κ3) is 1.25. The summed E-state index contributed by atoms with van der Waals surface area (Å²) in [5, 5.41) is 10.2. The zero-order chi connectivity index (χ0) is 12.1. The summed E-state index contributed by atoms with van der Waals surface area (Å²) in [6.45, 7) is 0. The highest BCUT2D eigenvalue weighted by molar-refractivity contribution is 5.69. The van der Waals surface area contributed by atoms with Crippen LogP contribution in [0.4, 0.5) is 0 Å². The van der Waals surface area contributed by atoms with Crippen molar-refractivity contribution in [1.29, 1.82) is 0 Å². The van der Waals surface area contributed by atoms with Crippen molar-refractivity contribution in [2.45, 2.75) is 31.4 Å². The zero-order valence-corrected chi connectivity index (χ0v) is 10.2. The molecular formula is C15H16N2O. The van der Waals surface area contributed by atoms with E-state index in [-0.39, 0.29) is 12.1 Å². The molecule has 0 spiro atoms. The molecule has 1 aromatic heterocycles. The van der Waals surface area contributed by atoms with E-state index >= 15 is 0 Å². The molecule has 1 fully saturated rings. The van der Waals surface area contributed by atoms with Crippen molar-refractivity contribution in [3.05, 3.63) is 42.4 Å². The number of rotatable bonds is 1. The van der Waals surface area contributed by atoms with E-state index in [2.05, 4.69) is 33.8 Å². The van der Waals surface area contributed by atoms with Crippen molar-refractivity contribution in [2.75, 3.05) is 0 Å². The summed E-state index contributed by atoms with van der Waals surface area (Å²) in [5.74, 6) is 0.335. The lowest BCUT2D eigenvalue weighted by Gasteiger charge is -2.24. The van der Waals surface area contributed by atoms with E-state index in [9.17, 15) is 5.11 Å². The van der Waals surface area contributed by atoms with Gasteiger partial charge in [-0.2, -0.15) is 0 Å². The van der Waals surface area contributed by atoms with Gasteiger partial charge in [0.1, 0.15) is 0 Å². The van der Waals surface area contributed by atoms with E-state index in [4.69, 9.17) is 0 Å². The van der Waals surface area contributed by atoms with Gasteiger partial charge < -0.3 is 9.67 Å². The maximum atomic E-state index is 10.2. The fraction of sp³-hybridized carbons (Fsp3) is 0.400. The molecule has 2 heterocycles. The van der Waals surface area contributed by atoms with Gasteiger partial charge in [-0.15, -0.1) is 0 Å². The predicted molar refractivity (Wildman–Crippen MR) is 69.1 cm³/mol. The molecule has 2 aliphatic rings. The van der Waals surface area contributed by atoms with Gasteiger partial charge in [0.05, 0.1) is 30.4 Å². The lowest BCUT2D eigenvalue weighted by atomic mass is 9.90. The van der Waals surface area contributed by atoms with E-state index in [0.717, 1.165) is 19.3 Å². The third-order valence-electron chi connectivity index (χ3n) is 4.46. The van der Waals surface area contributed by atoms with Gasteiger partial charge in [-0.05, 0) is 18.4 Å². The Morgan fingerprint density at radius 2 is 2.11 bits per heavy atom. The van der Waals surface area contributed by atoms with Gasteiger partial charge in [-0.3, -0.25) is 0 Å². The van der Waals surface area contributed by atoms with Crippen LogP contribution in [0.2, 0.25) is 0 Å². The summed E-state index contributed by atoms with van der Waals surface area (Å²) in [6.07, 6.45) is 6.85. The average Bonchev–Trinajstić information content (AvgIpc) is 3.05. The number of imidazole rings is 1. The Balaban J connectivity index is 1.89. The van der Waals surface area contributed by atoms with Crippen LogP contribution in [0.3, 0.4) is 0 Å². The topological polar surface area (TPSA) is 38.1 Å². The quantitative estimate of drug-likeness (QED) is 0.832. The largest absolute Gasteiger partial charge is 0.393 e. The number of hydrogen-bond acceptors (Lipinski definition) is 2. The maximum absolute atomic E-state index is 10.2. The Morgan fingerprint density at radius 1 is 1.22 bits per heavy atom. The first-order valence-electron chi connectivity index (χ1n) is 6.65. The van der Waals surface area contributed by atoms with Crippen LogP contribution in [-0.2, 0) is 0 Å². The van der Waals surface area contributed by atoms with Gasteiger partial charge in [-0.1, -0.05) is 30.7 Å². The summed E-state index contributed by atoms with van der Waals surface area (Å²) in [5.41, 5.74) is 3.81. The summed E-state index contributed by atoms with van der Waals surface area (Å²) in [4.78, 5) is 4.27. The van der Waals surface area contributed by atoms with Crippen LogP contribution in [0.5, 0.6) is 0 Å². The number of aliphatic hydroxyl groups is 1. The van der Waals surface area contributed by atoms with Crippen molar-refractivity contribution < 1.29 is 5.11 Å². The van der Waals surface area contributed by atoms with Crippen molar-refractivity contribution in [1.82, 2.24) is 9.55 Å². The molecule has 1 saturated carbocycles. The molecule has 0 amide bonds. The fourth-order valence-electron chi connectivity index (χ4n) is 3.65. The van der Waals surface area contributed by atoms with Crippen LogP contribution in [0, 0.1) is 5.92 Å². The Hall–Kier alpha value is -1.61. The minimum atomic E-state index is -0.170. The fourth-order valence-corrected chi connectivity index (χ4v) is 3.65. The van der Waals surface area contributed by atoms with Gasteiger partial charge in [-0.25, -0.2) is 4.98 Å². The second kappa shape index (κ2) is 3.69. The van der Waals surface area contributed by atoms with E-state index in [0.29, 0.717) is 5.92 Å². The molecule has 92 valence electrons. The highest BCUT2D eigenvalue weighted by atomic mass is 16.3.